The largest absolute Gasteiger partial charge is 0.373 e. The maximum Gasteiger partial charge on any atom is 0.134 e. The van der Waals surface area contributed by atoms with Crippen LogP contribution in [0, 0.1) is 6.92 Å². The summed E-state index contributed by atoms with van der Waals surface area (Å²) in [5, 5.41) is 6.31. The molecule has 0 saturated heterocycles. The zero-order valence-electron chi connectivity index (χ0n) is 9.31. The van der Waals surface area contributed by atoms with Gasteiger partial charge in [-0.1, -0.05) is 6.92 Å². The number of hydrogen-bond acceptors (Lipinski definition) is 4. The average Bonchev–Trinajstić information content (AvgIpc) is 2.21. The average molecular weight is 194 g/mol. The lowest BCUT2D eigenvalue weighted by Gasteiger charge is -2.11. The fourth-order valence-electron chi connectivity index (χ4n) is 1.30. The third-order valence-electron chi connectivity index (χ3n) is 2.09. The second kappa shape index (κ2) is 4.79. The van der Waals surface area contributed by atoms with E-state index >= 15 is 0 Å². The highest BCUT2D eigenvalue weighted by Crippen LogP contribution is 2.19. The van der Waals surface area contributed by atoms with E-state index in [-0.39, 0.29) is 0 Å². The molecule has 14 heavy (non-hydrogen) atoms. The van der Waals surface area contributed by atoms with E-state index in [0.29, 0.717) is 0 Å². The van der Waals surface area contributed by atoms with Crippen LogP contribution in [0.5, 0.6) is 0 Å². The summed E-state index contributed by atoms with van der Waals surface area (Å²) in [5.41, 5.74) is 1.08. The molecule has 78 valence electrons. The zero-order chi connectivity index (χ0) is 10.6. The van der Waals surface area contributed by atoms with E-state index in [2.05, 4.69) is 34.4 Å². The first-order valence-electron chi connectivity index (χ1n) is 5.02. The van der Waals surface area contributed by atoms with E-state index in [9.17, 15) is 0 Å². The Bertz CT molecular complexity index is 309. The summed E-state index contributed by atoms with van der Waals surface area (Å²) >= 11 is 0. The minimum Gasteiger partial charge on any atom is -0.373 e. The van der Waals surface area contributed by atoms with Crippen LogP contribution in [0.4, 0.5) is 11.6 Å². The maximum absolute atomic E-state index is 4.43. The van der Waals surface area contributed by atoms with Crippen molar-refractivity contribution in [1.82, 2.24) is 9.97 Å². The smallest absolute Gasteiger partial charge is 0.134 e. The van der Waals surface area contributed by atoms with Gasteiger partial charge in [-0.15, -0.1) is 0 Å². The molecule has 4 heteroatoms. The van der Waals surface area contributed by atoms with Crippen molar-refractivity contribution in [3.05, 3.63) is 11.4 Å². The predicted molar refractivity (Wildman–Crippen MR) is 59.9 cm³/mol. The number of hydrogen-bond donors (Lipinski definition) is 2. The van der Waals surface area contributed by atoms with Crippen molar-refractivity contribution >= 4 is 11.6 Å². The summed E-state index contributed by atoms with van der Waals surface area (Å²) in [6.45, 7) is 7.01. The van der Waals surface area contributed by atoms with Gasteiger partial charge in [0, 0.05) is 25.6 Å². The Morgan fingerprint density at radius 1 is 1.14 bits per heavy atom. The Morgan fingerprint density at radius 3 is 2.29 bits per heavy atom. The molecule has 0 spiro atoms. The van der Waals surface area contributed by atoms with Gasteiger partial charge in [0.15, 0.2) is 0 Å². The highest BCUT2D eigenvalue weighted by atomic mass is 15.1. The zero-order valence-corrected chi connectivity index (χ0v) is 9.31. The fraction of sp³-hybridized carbons (Fsp3) is 0.600. The topological polar surface area (TPSA) is 49.8 Å². The summed E-state index contributed by atoms with van der Waals surface area (Å²) in [4.78, 5) is 8.82. The van der Waals surface area contributed by atoms with Crippen LogP contribution in [0.3, 0.4) is 0 Å². The molecule has 1 rings (SSSR count). The summed E-state index contributed by atoms with van der Waals surface area (Å²) in [5.74, 6) is 2.72. The molecule has 1 aromatic rings. The van der Waals surface area contributed by atoms with Crippen LogP contribution in [0.15, 0.2) is 0 Å². The Hall–Kier alpha value is -1.32. The van der Waals surface area contributed by atoms with Crippen LogP contribution in [0.25, 0.3) is 0 Å². The van der Waals surface area contributed by atoms with Gasteiger partial charge in [0.25, 0.3) is 0 Å². The molecule has 0 bridgehead atoms. The van der Waals surface area contributed by atoms with Crippen molar-refractivity contribution in [3.63, 3.8) is 0 Å². The minimum absolute atomic E-state index is 0.855. The summed E-state index contributed by atoms with van der Waals surface area (Å²) < 4.78 is 0. The van der Waals surface area contributed by atoms with Crippen LogP contribution in [0.2, 0.25) is 0 Å². The lowest BCUT2D eigenvalue weighted by molar-refractivity contribution is 0.928. The lowest BCUT2D eigenvalue weighted by Crippen LogP contribution is -2.08. The van der Waals surface area contributed by atoms with Crippen molar-refractivity contribution in [2.45, 2.75) is 27.2 Å². The van der Waals surface area contributed by atoms with Gasteiger partial charge in [0.2, 0.25) is 0 Å². The number of rotatable bonds is 4. The van der Waals surface area contributed by atoms with Crippen molar-refractivity contribution in [3.8, 4) is 0 Å². The number of anilines is 2. The maximum atomic E-state index is 4.43. The van der Waals surface area contributed by atoms with Crippen molar-refractivity contribution < 1.29 is 0 Å². The van der Waals surface area contributed by atoms with E-state index in [0.717, 1.165) is 36.0 Å². The fourth-order valence-corrected chi connectivity index (χ4v) is 1.30. The van der Waals surface area contributed by atoms with Gasteiger partial charge >= 0.3 is 0 Å². The molecule has 0 saturated carbocycles. The number of aryl methyl sites for hydroxylation is 1. The van der Waals surface area contributed by atoms with Crippen LogP contribution < -0.4 is 10.6 Å². The van der Waals surface area contributed by atoms with Gasteiger partial charge in [-0.25, -0.2) is 9.97 Å². The van der Waals surface area contributed by atoms with Crippen LogP contribution in [-0.4, -0.2) is 23.6 Å². The minimum atomic E-state index is 0.855. The number of aromatic nitrogens is 2. The predicted octanol–water partition coefficient (Wildman–Crippen LogP) is 1.82. The molecule has 0 aliphatic heterocycles. The standard InChI is InChI=1S/C10H18N4/c1-5-8-13-9(11-4)7(3)10(14-8)12-6-2/h5-6H2,1-4H3,(H2,11,12,13,14). The molecule has 4 nitrogen and oxygen atoms in total. The normalized spacial score (nSPS) is 10.0. The number of nitrogens with zero attached hydrogens (tertiary/aromatic N) is 2. The number of nitrogens with one attached hydrogen (secondary N) is 2. The Morgan fingerprint density at radius 2 is 1.79 bits per heavy atom. The molecule has 1 aromatic heterocycles. The van der Waals surface area contributed by atoms with E-state index in [4.69, 9.17) is 0 Å². The van der Waals surface area contributed by atoms with Crippen LogP contribution >= 0.6 is 0 Å². The van der Waals surface area contributed by atoms with Crippen LogP contribution in [0.1, 0.15) is 25.2 Å². The molecular weight excluding hydrogens is 176 g/mol. The third-order valence-corrected chi connectivity index (χ3v) is 2.09. The van der Waals surface area contributed by atoms with Crippen molar-refractivity contribution in [2.24, 2.45) is 0 Å². The van der Waals surface area contributed by atoms with Crippen molar-refractivity contribution in [1.29, 1.82) is 0 Å². The molecule has 1 heterocycles. The first kappa shape index (κ1) is 10.8. The molecule has 2 N–H and O–H groups in total. The molecule has 0 aromatic carbocycles. The van der Waals surface area contributed by atoms with Gasteiger partial charge < -0.3 is 10.6 Å². The Kier molecular flexibility index (Phi) is 3.68. The molecular formula is C10H18N4. The van der Waals surface area contributed by atoms with E-state index in [1.54, 1.807) is 0 Å². The van der Waals surface area contributed by atoms with Crippen molar-refractivity contribution in [2.75, 3.05) is 24.2 Å². The molecule has 0 fully saturated rings. The highest BCUT2D eigenvalue weighted by molar-refractivity contribution is 5.56. The quantitative estimate of drug-likeness (QED) is 0.767. The van der Waals surface area contributed by atoms with Gasteiger partial charge in [-0.05, 0) is 13.8 Å². The molecule has 0 aliphatic carbocycles. The van der Waals surface area contributed by atoms with Gasteiger partial charge in [-0.2, -0.15) is 0 Å². The second-order valence-corrected chi connectivity index (χ2v) is 3.10. The van der Waals surface area contributed by atoms with E-state index in [1.165, 1.54) is 0 Å². The first-order valence-corrected chi connectivity index (χ1v) is 5.02. The highest BCUT2D eigenvalue weighted by Gasteiger charge is 2.07. The molecule has 0 radical (unpaired) electrons. The van der Waals surface area contributed by atoms with Gasteiger partial charge in [0.05, 0.1) is 0 Å². The third kappa shape index (κ3) is 2.13. The Labute approximate surface area is 85.2 Å². The SMILES string of the molecule is CCNc1nc(CC)nc(NC)c1C. The van der Waals surface area contributed by atoms with Gasteiger partial charge in [-0.3, -0.25) is 0 Å². The lowest BCUT2D eigenvalue weighted by atomic mass is 10.3. The summed E-state index contributed by atoms with van der Waals surface area (Å²) in [6.07, 6.45) is 0.855. The molecule has 0 unspecified atom stereocenters. The molecule has 0 amide bonds. The van der Waals surface area contributed by atoms with E-state index < -0.39 is 0 Å². The molecule has 0 aliphatic rings. The van der Waals surface area contributed by atoms with Crippen LogP contribution in [-0.2, 0) is 6.42 Å². The van der Waals surface area contributed by atoms with E-state index in [1.807, 2.05) is 14.0 Å². The molecule has 0 atom stereocenters. The monoisotopic (exact) mass is 194 g/mol. The van der Waals surface area contributed by atoms with Gasteiger partial charge in [0.1, 0.15) is 17.5 Å². The summed E-state index contributed by atoms with van der Waals surface area (Å²) in [6, 6.07) is 0. The first-order chi connectivity index (χ1) is 6.72. The second-order valence-electron chi connectivity index (χ2n) is 3.10. The Balaban J connectivity index is 3.12. The summed E-state index contributed by atoms with van der Waals surface area (Å²) in [7, 11) is 1.88.